The third kappa shape index (κ3) is 4.38. The van der Waals surface area contributed by atoms with E-state index in [-0.39, 0.29) is 5.91 Å². The van der Waals surface area contributed by atoms with Crippen molar-refractivity contribution in [3.05, 3.63) is 127 Å². The van der Waals surface area contributed by atoms with Crippen molar-refractivity contribution in [2.75, 3.05) is 4.90 Å². The van der Waals surface area contributed by atoms with Gasteiger partial charge in [-0.1, -0.05) is 66.7 Å². The molecule has 0 bridgehead atoms. The number of anilines is 3. The first-order chi connectivity index (χ1) is 16.3. The number of benzene rings is 4. The van der Waals surface area contributed by atoms with Gasteiger partial charge in [-0.3, -0.25) is 4.79 Å². The zero-order chi connectivity index (χ0) is 22.5. The normalized spacial score (nSPS) is 11.0. The van der Waals surface area contributed by atoms with E-state index < -0.39 is 0 Å². The lowest BCUT2D eigenvalue weighted by Crippen LogP contribution is -2.17. The van der Waals surface area contributed by atoms with Crippen molar-refractivity contribution in [2.45, 2.75) is 0 Å². The second-order valence-corrected chi connectivity index (χ2v) is 7.55. The van der Waals surface area contributed by atoms with E-state index in [1.54, 1.807) is 12.4 Å². The number of para-hydroxylation sites is 3. The van der Waals surface area contributed by atoms with Gasteiger partial charge in [0.1, 0.15) is 0 Å². The Morgan fingerprint density at radius 3 is 1.97 bits per heavy atom. The zero-order valence-electron chi connectivity index (χ0n) is 17.8. The summed E-state index contributed by atoms with van der Waals surface area (Å²) in [4.78, 5) is 17.8. The monoisotopic (exact) mass is 430 g/mol. The van der Waals surface area contributed by atoms with E-state index in [2.05, 4.69) is 44.7 Å². The minimum atomic E-state index is -0.250. The van der Waals surface area contributed by atoms with Crippen molar-refractivity contribution in [1.82, 2.24) is 10.4 Å². The van der Waals surface area contributed by atoms with Crippen molar-refractivity contribution < 1.29 is 4.79 Å². The van der Waals surface area contributed by atoms with Crippen LogP contribution in [0.5, 0.6) is 0 Å². The van der Waals surface area contributed by atoms with Crippen molar-refractivity contribution in [3.8, 4) is 0 Å². The van der Waals surface area contributed by atoms with E-state index >= 15 is 0 Å². The first-order valence-corrected chi connectivity index (χ1v) is 10.7. The van der Waals surface area contributed by atoms with Gasteiger partial charge < -0.3 is 9.88 Å². The molecule has 1 heterocycles. The van der Waals surface area contributed by atoms with Gasteiger partial charge in [0.2, 0.25) is 0 Å². The van der Waals surface area contributed by atoms with Crippen LogP contribution in [0.4, 0.5) is 17.1 Å². The van der Waals surface area contributed by atoms with E-state index in [1.807, 2.05) is 84.9 Å². The number of nitrogens with zero attached hydrogens (tertiary/aromatic N) is 2. The van der Waals surface area contributed by atoms with Crippen LogP contribution in [0.1, 0.15) is 15.9 Å². The molecule has 2 N–H and O–H groups in total. The molecule has 0 atom stereocenters. The molecule has 4 aromatic carbocycles. The molecule has 0 saturated heterocycles. The number of carbonyl (C=O) groups is 1. The number of aromatic nitrogens is 1. The molecule has 160 valence electrons. The summed E-state index contributed by atoms with van der Waals surface area (Å²) in [5, 5.41) is 5.01. The maximum Gasteiger partial charge on any atom is 0.273 e. The predicted octanol–water partition coefficient (Wildman–Crippen LogP) is 6.40. The Kier molecular flexibility index (Phi) is 5.68. The fourth-order valence-corrected chi connectivity index (χ4v) is 3.80. The van der Waals surface area contributed by atoms with Crippen molar-refractivity contribution >= 4 is 40.1 Å². The molecule has 0 aliphatic rings. The molecule has 5 aromatic rings. The summed E-state index contributed by atoms with van der Waals surface area (Å²) in [6.07, 6.45) is 3.35. The third-order valence-corrected chi connectivity index (χ3v) is 5.39. The Bertz CT molecular complexity index is 1350. The van der Waals surface area contributed by atoms with Crippen LogP contribution in [0, 0.1) is 0 Å². The number of hydrazone groups is 1. The van der Waals surface area contributed by atoms with Crippen molar-refractivity contribution in [1.29, 1.82) is 0 Å². The standard InChI is InChI=1S/C28H22N4O/c33-28(26-20-29-27-14-8-7-13-25(26)27)31-30-19-21-15-17-24(18-16-21)32(22-9-3-1-4-10-22)23-11-5-2-6-12-23/h1-20,29H,(H,31,33)/b30-19+. The van der Waals surface area contributed by atoms with E-state index in [0.29, 0.717) is 5.56 Å². The molecule has 5 heteroatoms. The molecule has 0 aliphatic heterocycles. The molecule has 0 saturated carbocycles. The largest absolute Gasteiger partial charge is 0.360 e. The van der Waals surface area contributed by atoms with Gasteiger partial charge in [0.05, 0.1) is 11.8 Å². The van der Waals surface area contributed by atoms with Gasteiger partial charge in [0, 0.05) is 34.2 Å². The number of aromatic amines is 1. The van der Waals surface area contributed by atoms with Gasteiger partial charge in [-0.2, -0.15) is 5.10 Å². The molecule has 5 nitrogen and oxygen atoms in total. The summed E-state index contributed by atoms with van der Waals surface area (Å²) in [5.74, 6) is -0.250. The van der Waals surface area contributed by atoms with Gasteiger partial charge in [0.15, 0.2) is 0 Å². The number of fused-ring (bicyclic) bond motifs is 1. The second-order valence-electron chi connectivity index (χ2n) is 7.55. The average molecular weight is 431 g/mol. The number of hydrogen-bond donors (Lipinski definition) is 2. The zero-order valence-corrected chi connectivity index (χ0v) is 17.8. The van der Waals surface area contributed by atoms with Crippen LogP contribution in [0.2, 0.25) is 0 Å². The quantitative estimate of drug-likeness (QED) is 0.242. The van der Waals surface area contributed by atoms with Gasteiger partial charge in [-0.05, 0) is 48.0 Å². The van der Waals surface area contributed by atoms with E-state index in [0.717, 1.165) is 33.5 Å². The lowest BCUT2D eigenvalue weighted by Gasteiger charge is -2.25. The smallest absolute Gasteiger partial charge is 0.273 e. The van der Waals surface area contributed by atoms with Crippen LogP contribution in [-0.4, -0.2) is 17.1 Å². The predicted molar refractivity (Wildman–Crippen MR) is 134 cm³/mol. The Morgan fingerprint density at radius 1 is 0.727 bits per heavy atom. The fraction of sp³-hybridized carbons (Fsp3) is 0. The highest BCUT2D eigenvalue weighted by Crippen LogP contribution is 2.33. The molecule has 0 fully saturated rings. The molecule has 0 radical (unpaired) electrons. The number of carbonyl (C=O) groups excluding carboxylic acids is 1. The summed E-state index contributed by atoms with van der Waals surface area (Å²) < 4.78 is 0. The average Bonchev–Trinajstić information content (AvgIpc) is 3.31. The molecular weight excluding hydrogens is 408 g/mol. The van der Waals surface area contributed by atoms with Crippen LogP contribution in [0.3, 0.4) is 0 Å². The molecule has 5 rings (SSSR count). The highest BCUT2D eigenvalue weighted by Gasteiger charge is 2.12. The molecule has 0 aliphatic carbocycles. The topological polar surface area (TPSA) is 60.5 Å². The second kappa shape index (κ2) is 9.24. The van der Waals surface area contributed by atoms with Gasteiger partial charge in [0.25, 0.3) is 5.91 Å². The number of H-pyrrole nitrogens is 1. The Balaban J connectivity index is 1.33. The molecule has 33 heavy (non-hydrogen) atoms. The number of nitrogens with one attached hydrogen (secondary N) is 2. The Hall–Kier alpha value is -4.64. The first kappa shape index (κ1) is 20.3. The van der Waals surface area contributed by atoms with Crippen LogP contribution in [0.25, 0.3) is 10.9 Å². The summed E-state index contributed by atoms with van der Waals surface area (Å²) in [7, 11) is 0. The molecule has 1 amide bonds. The number of hydrogen-bond acceptors (Lipinski definition) is 3. The summed E-state index contributed by atoms with van der Waals surface area (Å²) in [6, 6.07) is 36.2. The number of rotatable bonds is 6. The molecule has 1 aromatic heterocycles. The van der Waals surface area contributed by atoms with Crippen LogP contribution < -0.4 is 10.3 Å². The molecule has 0 spiro atoms. The summed E-state index contributed by atoms with van der Waals surface area (Å²) in [5.41, 5.74) is 8.19. The maximum atomic E-state index is 12.5. The van der Waals surface area contributed by atoms with Gasteiger partial charge in [-0.15, -0.1) is 0 Å². The fourth-order valence-electron chi connectivity index (χ4n) is 3.80. The highest BCUT2D eigenvalue weighted by atomic mass is 16.2. The van der Waals surface area contributed by atoms with E-state index in [4.69, 9.17) is 0 Å². The van der Waals surface area contributed by atoms with Crippen LogP contribution in [0.15, 0.2) is 120 Å². The molecule has 0 unspecified atom stereocenters. The van der Waals surface area contributed by atoms with Gasteiger partial charge in [-0.25, -0.2) is 5.43 Å². The van der Waals surface area contributed by atoms with Crippen molar-refractivity contribution in [3.63, 3.8) is 0 Å². The minimum Gasteiger partial charge on any atom is -0.360 e. The van der Waals surface area contributed by atoms with E-state index in [1.165, 1.54) is 0 Å². The lowest BCUT2D eigenvalue weighted by atomic mass is 10.1. The first-order valence-electron chi connectivity index (χ1n) is 10.7. The Labute approximate surface area is 192 Å². The lowest BCUT2D eigenvalue weighted by molar-refractivity contribution is 0.0957. The van der Waals surface area contributed by atoms with Crippen LogP contribution in [-0.2, 0) is 0 Å². The highest BCUT2D eigenvalue weighted by molar-refractivity contribution is 6.06. The Morgan fingerprint density at radius 2 is 1.30 bits per heavy atom. The van der Waals surface area contributed by atoms with Crippen molar-refractivity contribution in [2.24, 2.45) is 5.10 Å². The SMILES string of the molecule is O=C(N/N=C/c1ccc(N(c2ccccc2)c2ccccc2)cc1)c1c[nH]c2ccccc12. The maximum absolute atomic E-state index is 12.5. The summed E-state index contributed by atoms with van der Waals surface area (Å²) >= 11 is 0. The van der Waals surface area contributed by atoms with Crippen LogP contribution >= 0.6 is 0 Å². The van der Waals surface area contributed by atoms with Gasteiger partial charge >= 0.3 is 0 Å². The number of amides is 1. The van der Waals surface area contributed by atoms with E-state index in [9.17, 15) is 4.79 Å². The molecular formula is C28H22N4O. The third-order valence-electron chi connectivity index (χ3n) is 5.39. The summed E-state index contributed by atoms with van der Waals surface area (Å²) in [6.45, 7) is 0. The minimum absolute atomic E-state index is 0.250.